The van der Waals surface area contributed by atoms with Crippen LogP contribution in [0, 0.1) is 5.92 Å². The second-order valence-electron chi connectivity index (χ2n) is 4.43. The van der Waals surface area contributed by atoms with Crippen LogP contribution in [0.5, 0.6) is 0 Å². The van der Waals surface area contributed by atoms with Gasteiger partial charge in [0.2, 0.25) is 0 Å². The Bertz CT molecular complexity index is 414. The predicted molar refractivity (Wildman–Crippen MR) is 67.1 cm³/mol. The van der Waals surface area contributed by atoms with Gasteiger partial charge in [-0.1, -0.05) is 6.07 Å². The van der Waals surface area contributed by atoms with Crippen molar-refractivity contribution >= 4 is 11.8 Å². The fraction of sp³-hybridized carbons (Fsp3) is 0.538. The maximum absolute atomic E-state index is 11.4. The van der Waals surface area contributed by atoms with Crippen molar-refractivity contribution < 1.29 is 14.6 Å². The second-order valence-corrected chi connectivity index (χ2v) is 4.43. The van der Waals surface area contributed by atoms with Gasteiger partial charge in [-0.05, 0) is 25.0 Å². The molecule has 0 spiro atoms. The average Bonchev–Trinajstić information content (AvgIpc) is 2.46. The van der Waals surface area contributed by atoms with Crippen molar-refractivity contribution in [2.45, 2.75) is 19.4 Å². The van der Waals surface area contributed by atoms with Gasteiger partial charge < -0.3 is 14.7 Å². The summed E-state index contributed by atoms with van der Waals surface area (Å²) >= 11 is 0. The van der Waals surface area contributed by atoms with Crippen LogP contribution in [-0.4, -0.2) is 36.3 Å². The number of ether oxygens (including phenoxy) is 1. The molecule has 1 aliphatic rings. The Labute approximate surface area is 106 Å². The lowest BCUT2D eigenvalue weighted by atomic mass is 9.97. The highest BCUT2D eigenvalue weighted by Crippen LogP contribution is 2.22. The van der Waals surface area contributed by atoms with Crippen molar-refractivity contribution in [1.82, 2.24) is 4.98 Å². The van der Waals surface area contributed by atoms with Gasteiger partial charge in [-0.2, -0.15) is 0 Å². The molecule has 1 N–H and O–H groups in total. The summed E-state index contributed by atoms with van der Waals surface area (Å²) < 4.78 is 4.76. The smallest absolute Gasteiger partial charge is 0.308 e. The Balaban J connectivity index is 1.98. The molecule has 1 fully saturated rings. The molecule has 5 nitrogen and oxygen atoms in total. The number of piperidine rings is 1. The predicted octanol–water partition coefficient (Wildman–Crippen LogP) is 0.963. The molecular formula is C13H18N2O3. The molecule has 2 heterocycles. The highest BCUT2D eigenvalue weighted by molar-refractivity contribution is 5.72. The number of nitrogens with zero attached hydrogens (tertiary/aromatic N) is 2. The lowest BCUT2D eigenvalue weighted by Gasteiger charge is -2.31. The van der Waals surface area contributed by atoms with Crippen molar-refractivity contribution in [2.75, 3.05) is 25.1 Å². The molecule has 0 unspecified atom stereocenters. The topological polar surface area (TPSA) is 62.7 Å². The van der Waals surface area contributed by atoms with Crippen LogP contribution in [0.25, 0.3) is 0 Å². The van der Waals surface area contributed by atoms with E-state index in [9.17, 15) is 4.79 Å². The number of pyridine rings is 1. The SMILES string of the molecule is COC(=O)C1CCN(c2cccc(CO)n2)CC1. The number of anilines is 1. The monoisotopic (exact) mass is 250 g/mol. The molecule has 0 aromatic carbocycles. The van der Waals surface area contributed by atoms with Gasteiger partial charge in [0.25, 0.3) is 0 Å². The summed E-state index contributed by atoms with van der Waals surface area (Å²) in [4.78, 5) is 17.9. The number of methoxy groups -OCH3 is 1. The minimum absolute atomic E-state index is 0.00674. The molecule has 1 aliphatic heterocycles. The summed E-state index contributed by atoms with van der Waals surface area (Å²) in [6.45, 7) is 1.54. The number of aliphatic hydroxyl groups excluding tert-OH is 1. The Morgan fingerprint density at radius 2 is 2.22 bits per heavy atom. The maximum atomic E-state index is 11.4. The minimum atomic E-state index is -0.119. The number of hydrogen-bond donors (Lipinski definition) is 1. The van der Waals surface area contributed by atoms with Gasteiger partial charge in [-0.3, -0.25) is 4.79 Å². The zero-order valence-electron chi connectivity index (χ0n) is 10.5. The van der Waals surface area contributed by atoms with Crippen LogP contribution in [0.1, 0.15) is 18.5 Å². The van der Waals surface area contributed by atoms with E-state index in [-0.39, 0.29) is 18.5 Å². The van der Waals surface area contributed by atoms with Gasteiger partial charge in [-0.15, -0.1) is 0 Å². The summed E-state index contributed by atoms with van der Waals surface area (Å²) in [6, 6.07) is 5.61. The van der Waals surface area contributed by atoms with E-state index >= 15 is 0 Å². The fourth-order valence-electron chi connectivity index (χ4n) is 2.24. The molecule has 0 amide bonds. The lowest BCUT2D eigenvalue weighted by molar-refractivity contribution is -0.146. The van der Waals surface area contributed by atoms with E-state index in [4.69, 9.17) is 9.84 Å². The van der Waals surface area contributed by atoms with Crippen LogP contribution in [-0.2, 0) is 16.1 Å². The summed E-state index contributed by atoms with van der Waals surface area (Å²) in [5, 5.41) is 9.06. The zero-order chi connectivity index (χ0) is 13.0. The molecule has 2 rings (SSSR count). The zero-order valence-corrected chi connectivity index (χ0v) is 10.5. The van der Waals surface area contributed by atoms with E-state index in [1.165, 1.54) is 7.11 Å². The third kappa shape index (κ3) is 2.79. The Morgan fingerprint density at radius 1 is 1.50 bits per heavy atom. The molecule has 1 saturated heterocycles. The van der Waals surface area contributed by atoms with Crippen LogP contribution >= 0.6 is 0 Å². The molecule has 0 saturated carbocycles. The number of aliphatic hydroxyl groups is 1. The third-order valence-corrected chi connectivity index (χ3v) is 3.31. The molecular weight excluding hydrogens is 232 g/mol. The van der Waals surface area contributed by atoms with Crippen LogP contribution in [0.3, 0.4) is 0 Å². The van der Waals surface area contributed by atoms with E-state index in [0.717, 1.165) is 31.7 Å². The summed E-state index contributed by atoms with van der Waals surface area (Å²) in [5.74, 6) is 0.754. The number of hydrogen-bond acceptors (Lipinski definition) is 5. The van der Waals surface area contributed by atoms with Crippen LogP contribution in [0.2, 0.25) is 0 Å². The third-order valence-electron chi connectivity index (χ3n) is 3.31. The van der Waals surface area contributed by atoms with Gasteiger partial charge in [0.15, 0.2) is 0 Å². The molecule has 0 radical (unpaired) electrons. The second kappa shape index (κ2) is 5.82. The summed E-state index contributed by atoms with van der Waals surface area (Å²) in [5.41, 5.74) is 0.669. The molecule has 1 aromatic heterocycles. The molecule has 0 atom stereocenters. The van der Waals surface area contributed by atoms with Crippen molar-refractivity contribution in [3.63, 3.8) is 0 Å². The van der Waals surface area contributed by atoms with Gasteiger partial charge in [0.1, 0.15) is 5.82 Å². The molecule has 1 aromatic rings. The van der Waals surface area contributed by atoms with E-state index in [1.54, 1.807) is 6.07 Å². The van der Waals surface area contributed by atoms with E-state index < -0.39 is 0 Å². The van der Waals surface area contributed by atoms with Gasteiger partial charge in [-0.25, -0.2) is 4.98 Å². The molecule has 0 bridgehead atoms. The Morgan fingerprint density at radius 3 is 2.83 bits per heavy atom. The Hall–Kier alpha value is -1.62. The highest BCUT2D eigenvalue weighted by atomic mass is 16.5. The van der Waals surface area contributed by atoms with Gasteiger partial charge in [0, 0.05) is 13.1 Å². The maximum Gasteiger partial charge on any atom is 0.308 e. The van der Waals surface area contributed by atoms with Crippen molar-refractivity contribution in [3.05, 3.63) is 23.9 Å². The number of aromatic nitrogens is 1. The quantitative estimate of drug-likeness (QED) is 0.810. The van der Waals surface area contributed by atoms with E-state index in [1.807, 2.05) is 12.1 Å². The summed E-state index contributed by atoms with van der Waals surface area (Å²) in [7, 11) is 1.43. The molecule has 5 heteroatoms. The van der Waals surface area contributed by atoms with Crippen LogP contribution in [0.4, 0.5) is 5.82 Å². The largest absolute Gasteiger partial charge is 0.469 e. The first kappa shape index (κ1) is 12.8. The fourth-order valence-corrected chi connectivity index (χ4v) is 2.24. The number of carbonyl (C=O) groups is 1. The number of rotatable bonds is 3. The molecule has 0 aliphatic carbocycles. The standard InChI is InChI=1S/C13H18N2O3/c1-18-13(17)10-5-7-15(8-6-10)12-4-2-3-11(9-16)14-12/h2-4,10,16H,5-9H2,1H3. The average molecular weight is 250 g/mol. The first-order valence-corrected chi connectivity index (χ1v) is 6.14. The minimum Gasteiger partial charge on any atom is -0.469 e. The van der Waals surface area contributed by atoms with Crippen molar-refractivity contribution in [1.29, 1.82) is 0 Å². The first-order chi connectivity index (χ1) is 8.74. The highest BCUT2D eigenvalue weighted by Gasteiger charge is 2.26. The summed E-state index contributed by atoms with van der Waals surface area (Å²) in [6.07, 6.45) is 1.58. The van der Waals surface area contributed by atoms with E-state index in [0.29, 0.717) is 5.69 Å². The number of carbonyl (C=O) groups excluding carboxylic acids is 1. The van der Waals surface area contributed by atoms with Crippen molar-refractivity contribution in [3.8, 4) is 0 Å². The number of esters is 1. The first-order valence-electron chi connectivity index (χ1n) is 6.14. The van der Waals surface area contributed by atoms with Gasteiger partial charge in [0.05, 0.1) is 25.3 Å². The van der Waals surface area contributed by atoms with Crippen molar-refractivity contribution in [2.24, 2.45) is 5.92 Å². The Kier molecular flexibility index (Phi) is 4.15. The van der Waals surface area contributed by atoms with E-state index in [2.05, 4.69) is 9.88 Å². The van der Waals surface area contributed by atoms with Crippen LogP contribution in [0.15, 0.2) is 18.2 Å². The van der Waals surface area contributed by atoms with Crippen LogP contribution < -0.4 is 4.90 Å². The van der Waals surface area contributed by atoms with Gasteiger partial charge >= 0.3 is 5.97 Å². The molecule has 18 heavy (non-hydrogen) atoms. The normalized spacial score (nSPS) is 16.7. The lowest BCUT2D eigenvalue weighted by Crippen LogP contribution is -2.37. The molecule has 98 valence electrons.